The number of hydrogen-bond acceptors (Lipinski definition) is 3. The Kier molecular flexibility index (Phi) is 3.26. The van der Waals surface area contributed by atoms with Crippen molar-refractivity contribution in [1.82, 2.24) is 19.7 Å². The molecule has 1 aliphatic rings. The SMILES string of the molecule is Cc1nnc2n1[C@H](C)C(=O)N(CCc1ccccc1)C2. The first kappa shape index (κ1) is 12.8. The van der Waals surface area contributed by atoms with E-state index in [0.29, 0.717) is 6.54 Å². The van der Waals surface area contributed by atoms with Gasteiger partial charge in [-0.3, -0.25) is 4.79 Å². The minimum Gasteiger partial charge on any atom is -0.333 e. The third-order valence-corrected chi connectivity index (χ3v) is 3.84. The molecular weight excluding hydrogens is 252 g/mol. The molecule has 0 spiro atoms. The van der Waals surface area contributed by atoms with Crippen LogP contribution in [0.15, 0.2) is 30.3 Å². The highest BCUT2D eigenvalue weighted by Gasteiger charge is 2.31. The summed E-state index contributed by atoms with van der Waals surface area (Å²) >= 11 is 0. The van der Waals surface area contributed by atoms with E-state index in [1.807, 2.05) is 41.5 Å². The minimum atomic E-state index is -0.204. The van der Waals surface area contributed by atoms with Gasteiger partial charge in [-0.1, -0.05) is 30.3 Å². The Morgan fingerprint density at radius 1 is 1.25 bits per heavy atom. The molecule has 1 aliphatic heterocycles. The summed E-state index contributed by atoms with van der Waals surface area (Å²) in [6.07, 6.45) is 0.867. The number of hydrogen-bond donors (Lipinski definition) is 0. The van der Waals surface area contributed by atoms with Gasteiger partial charge in [-0.25, -0.2) is 0 Å². The molecule has 0 radical (unpaired) electrons. The zero-order valence-corrected chi connectivity index (χ0v) is 11.8. The Morgan fingerprint density at radius 2 is 2.00 bits per heavy atom. The van der Waals surface area contributed by atoms with E-state index in [-0.39, 0.29) is 11.9 Å². The first-order valence-corrected chi connectivity index (χ1v) is 6.90. The van der Waals surface area contributed by atoms with E-state index in [9.17, 15) is 4.79 Å². The molecule has 0 unspecified atom stereocenters. The molecule has 2 aromatic rings. The van der Waals surface area contributed by atoms with Crippen LogP contribution in [0.1, 0.15) is 30.2 Å². The monoisotopic (exact) mass is 270 g/mol. The quantitative estimate of drug-likeness (QED) is 0.853. The van der Waals surface area contributed by atoms with Crippen LogP contribution in [0.25, 0.3) is 0 Å². The van der Waals surface area contributed by atoms with Gasteiger partial charge in [0.05, 0.1) is 6.54 Å². The van der Waals surface area contributed by atoms with Crippen LogP contribution in [0.2, 0.25) is 0 Å². The fraction of sp³-hybridized carbons (Fsp3) is 0.400. The second-order valence-corrected chi connectivity index (χ2v) is 5.20. The van der Waals surface area contributed by atoms with Crippen molar-refractivity contribution in [1.29, 1.82) is 0 Å². The third kappa shape index (κ3) is 2.19. The van der Waals surface area contributed by atoms with E-state index in [1.54, 1.807) is 0 Å². The number of aryl methyl sites for hydroxylation is 1. The molecular formula is C15H18N4O. The summed E-state index contributed by atoms with van der Waals surface area (Å²) in [5, 5.41) is 8.24. The van der Waals surface area contributed by atoms with E-state index in [1.165, 1.54) is 5.56 Å². The van der Waals surface area contributed by atoms with Gasteiger partial charge in [0.1, 0.15) is 11.9 Å². The van der Waals surface area contributed by atoms with Gasteiger partial charge >= 0.3 is 0 Å². The number of nitrogens with zero attached hydrogens (tertiary/aromatic N) is 4. The predicted octanol–water partition coefficient (Wildman–Crippen LogP) is 1.73. The molecule has 0 aliphatic carbocycles. The number of aromatic nitrogens is 3. The second-order valence-electron chi connectivity index (χ2n) is 5.20. The summed E-state index contributed by atoms with van der Waals surface area (Å²) in [6.45, 7) is 5.08. The van der Waals surface area contributed by atoms with Crippen molar-refractivity contribution in [3.8, 4) is 0 Å². The van der Waals surface area contributed by atoms with Crippen molar-refractivity contribution < 1.29 is 4.79 Å². The van der Waals surface area contributed by atoms with Crippen molar-refractivity contribution >= 4 is 5.91 Å². The summed E-state index contributed by atoms with van der Waals surface area (Å²) in [6, 6.07) is 10.0. The molecule has 0 fully saturated rings. The summed E-state index contributed by atoms with van der Waals surface area (Å²) < 4.78 is 1.93. The van der Waals surface area contributed by atoms with Crippen molar-refractivity contribution in [2.24, 2.45) is 0 Å². The van der Waals surface area contributed by atoms with Crippen LogP contribution >= 0.6 is 0 Å². The van der Waals surface area contributed by atoms with E-state index >= 15 is 0 Å². The number of carbonyl (C=O) groups is 1. The zero-order valence-electron chi connectivity index (χ0n) is 11.8. The number of fused-ring (bicyclic) bond motifs is 1. The fourth-order valence-corrected chi connectivity index (χ4v) is 2.75. The molecule has 0 N–H and O–H groups in total. The molecule has 1 amide bonds. The Labute approximate surface area is 118 Å². The topological polar surface area (TPSA) is 51.0 Å². The Bertz CT molecular complexity index is 620. The van der Waals surface area contributed by atoms with Crippen molar-refractivity contribution in [2.45, 2.75) is 32.9 Å². The molecule has 20 heavy (non-hydrogen) atoms. The first-order valence-electron chi connectivity index (χ1n) is 6.90. The Balaban J connectivity index is 1.74. The average Bonchev–Trinajstić information content (AvgIpc) is 2.84. The molecule has 5 heteroatoms. The lowest BCUT2D eigenvalue weighted by Gasteiger charge is -2.31. The molecule has 2 heterocycles. The lowest BCUT2D eigenvalue weighted by Crippen LogP contribution is -2.42. The van der Waals surface area contributed by atoms with Crippen LogP contribution in [0.5, 0.6) is 0 Å². The summed E-state index contributed by atoms with van der Waals surface area (Å²) in [5.74, 6) is 1.84. The highest BCUT2D eigenvalue weighted by atomic mass is 16.2. The van der Waals surface area contributed by atoms with Crippen molar-refractivity contribution in [3.05, 3.63) is 47.5 Å². The molecule has 1 atom stereocenters. The molecule has 0 bridgehead atoms. The maximum atomic E-state index is 12.4. The number of amides is 1. The smallest absolute Gasteiger partial charge is 0.245 e. The van der Waals surface area contributed by atoms with Crippen LogP contribution in [0, 0.1) is 6.92 Å². The van der Waals surface area contributed by atoms with Gasteiger partial charge < -0.3 is 9.47 Å². The highest BCUT2D eigenvalue weighted by molar-refractivity contribution is 5.81. The van der Waals surface area contributed by atoms with Crippen LogP contribution in [0.4, 0.5) is 0 Å². The summed E-state index contributed by atoms with van der Waals surface area (Å²) in [5.41, 5.74) is 1.25. The Hall–Kier alpha value is -2.17. The molecule has 104 valence electrons. The predicted molar refractivity (Wildman–Crippen MR) is 75.0 cm³/mol. The van der Waals surface area contributed by atoms with Crippen LogP contribution in [-0.4, -0.2) is 32.1 Å². The third-order valence-electron chi connectivity index (χ3n) is 3.84. The lowest BCUT2D eigenvalue weighted by atomic mass is 10.1. The van der Waals surface area contributed by atoms with E-state index < -0.39 is 0 Å². The van der Waals surface area contributed by atoms with Gasteiger partial charge in [0.15, 0.2) is 5.82 Å². The summed E-state index contributed by atoms with van der Waals surface area (Å²) in [4.78, 5) is 14.3. The average molecular weight is 270 g/mol. The van der Waals surface area contributed by atoms with Gasteiger partial charge in [-0.2, -0.15) is 0 Å². The maximum Gasteiger partial charge on any atom is 0.245 e. The van der Waals surface area contributed by atoms with Crippen LogP contribution < -0.4 is 0 Å². The molecule has 3 rings (SSSR count). The van der Waals surface area contributed by atoms with E-state index in [4.69, 9.17) is 0 Å². The van der Waals surface area contributed by atoms with Crippen molar-refractivity contribution in [2.75, 3.05) is 6.54 Å². The highest BCUT2D eigenvalue weighted by Crippen LogP contribution is 2.22. The van der Waals surface area contributed by atoms with Crippen molar-refractivity contribution in [3.63, 3.8) is 0 Å². The lowest BCUT2D eigenvalue weighted by molar-refractivity contribution is -0.137. The van der Waals surface area contributed by atoms with Gasteiger partial charge in [0.25, 0.3) is 0 Å². The van der Waals surface area contributed by atoms with Crippen LogP contribution in [-0.2, 0) is 17.8 Å². The number of rotatable bonds is 3. The Morgan fingerprint density at radius 3 is 2.75 bits per heavy atom. The first-order chi connectivity index (χ1) is 9.66. The van der Waals surface area contributed by atoms with E-state index in [0.717, 1.165) is 24.6 Å². The number of benzene rings is 1. The minimum absolute atomic E-state index is 0.149. The normalized spacial score (nSPS) is 18.2. The molecule has 0 saturated carbocycles. The van der Waals surface area contributed by atoms with Gasteiger partial charge in [0, 0.05) is 6.54 Å². The second kappa shape index (κ2) is 5.07. The van der Waals surface area contributed by atoms with Gasteiger partial charge in [-0.15, -0.1) is 10.2 Å². The molecule has 1 aromatic heterocycles. The fourth-order valence-electron chi connectivity index (χ4n) is 2.75. The molecule has 5 nitrogen and oxygen atoms in total. The van der Waals surface area contributed by atoms with Gasteiger partial charge in [-0.05, 0) is 25.8 Å². The standard InChI is InChI=1S/C15H18N4O/c1-11-15(20)18(9-8-13-6-4-3-5-7-13)10-14-17-16-12(2)19(11)14/h3-7,11H,8-10H2,1-2H3/t11-/m1/s1. The van der Waals surface area contributed by atoms with Crippen LogP contribution in [0.3, 0.4) is 0 Å². The summed E-state index contributed by atoms with van der Waals surface area (Å²) in [7, 11) is 0. The molecule has 0 saturated heterocycles. The largest absolute Gasteiger partial charge is 0.333 e. The zero-order chi connectivity index (χ0) is 14.1. The molecule has 1 aromatic carbocycles. The maximum absolute atomic E-state index is 12.4. The van der Waals surface area contributed by atoms with E-state index in [2.05, 4.69) is 22.3 Å². The number of carbonyl (C=O) groups excluding carboxylic acids is 1. The van der Waals surface area contributed by atoms with Gasteiger partial charge in [0.2, 0.25) is 5.91 Å².